The smallest absolute Gasteiger partial charge is 0.0726 e. The molecule has 4 heteroatoms. The Bertz CT molecular complexity index is 569. The van der Waals surface area contributed by atoms with E-state index in [-0.39, 0.29) is 0 Å². The van der Waals surface area contributed by atoms with Crippen LogP contribution in [0.15, 0.2) is 30.3 Å². The first kappa shape index (κ1) is 15.1. The molecule has 0 atom stereocenters. The Morgan fingerprint density at radius 2 is 1.85 bits per heavy atom. The van der Waals surface area contributed by atoms with E-state index in [2.05, 4.69) is 54.1 Å². The Morgan fingerprint density at radius 3 is 2.55 bits per heavy atom. The lowest BCUT2D eigenvalue weighted by Gasteiger charge is -2.22. The van der Waals surface area contributed by atoms with Crippen molar-refractivity contribution in [1.82, 2.24) is 9.88 Å². The molecule has 0 fully saturated rings. The molecule has 1 aromatic carbocycles. The van der Waals surface area contributed by atoms with Crippen LogP contribution in [0.3, 0.4) is 0 Å². The van der Waals surface area contributed by atoms with Crippen molar-refractivity contribution >= 4 is 28.2 Å². The van der Waals surface area contributed by atoms with Crippen molar-refractivity contribution < 1.29 is 0 Å². The van der Waals surface area contributed by atoms with Crippen LogP contribution >= 0.6 is 11.6 Å². The number of para-hydroxylation sites is 1. The summed E-state index contributed by atoms with van der Waals surface area (Å²) >= 11 is 5.96. The highest BCUT2D eigenvalue weighted by atomic mass is 35.5. The molecular weight excluding hydrogens is 270 g/mol. The van der Waals surface area contributed by atoms with Gasteiger partial charge in [-0.3, -0.25) is 4.98 Å². The van der Waals surface area contributed by atoms with Crippen LogP contribution in [0.5, 0.6) is 0 Å². The van der Waals surface area contributed by atoms with Crippen molar-refractivity contribution in [3.8, 4) is 0 Å². The summed E-state index contributed by atoms with van der Waals surface area (Å²) in [6.07, 6.45) is 1.14. The van der Waals surface area contributed by atoms with Gasteiger partial charge in [-0.2, -0.15) is 0 Å². The van der Waals surface area contributed by atoms with Crippen molar-refractivity contribution in [3.63, 3.8) is 0 Å². The van der Waals surface area contributed by atoms with E-state index < -0.39 is 0 Å². The van der Waals surface area contributed by atoms with Gasteiger partial charge in [-0.05, 0) is 39.2 Å². The maximum Gasteiger partial charge on any atom is 0.0726 e. The predicted molar refractivity (Wildman–Crippen MR) is 87.7 cm³/mol. The van der Waals surface area contributed by atoms with Gasteiger partial charge in [0.1, 0.15) is 0 Å². The van der Waals surface area contributed by atoms with E-state index in [0.29, 0.717) is 5.88 Å². The van der Waals surface area contributed by atoms with Crippen LogP contribution in [-0.2, 0) is 5.88 Å². The summed E-state index contributed by atoms with van der Waals surface area (Å²) in [6.45, 7) is 2.11. The third-order valence-corrected chi connectivity index (χ3v) is 3.67. The van der Waals surface area contributed by atoms with Crippen LogP contribution in [0.4, 0.5) is 5.69 Å². The molecule has 0 saturated carbocycles. The lowest BCUT2D eigenvalue weighted by molar-refractivity contribution is 0.402. The molecule has 3 nitrogen and oxygen atoms in total. The zero-order chi connectivity index (χ0) is 14.5. The highest BCUT2D eigenvalue weighted by molar-refractivity contribution is 6.17. The van der Waals surface area contributed by atoms with E-state index >= 15 is 0 Å². The van der Waals surface area contributed by atoms with Gasteiger partial charge in [0.25, 0.3) is 0 Å². The van der Waals surface area contributed by atoms with E-state index in [1.165, 1.54) is 11.1 Å². The van der Waals surface area contributed by atoms with Gasteiger partial charge in [-0.1, -0.05) is 18.2 Å². The standard InChI is InChI=1S/C16H22ClN3/c1-19(2)9-6-10-20(3)16-11-13(12-17)18-15-8-5-4-7-14(15)16/h4-5,7-8,11H,6,9-10,12H2,1-3H3. The first-order chi connectivity index (χ1) is 9.61. The van der Waals surface area contributed by atoms with Crippen molar-refractivity contribution in [2.24, 2.45) is 0 Å². The second-order valence-corrected chi connectivity index (χ2v) is 5.63. The number of halogens is 1. The van der Waals surface area contributed by atoms with Crippen LogP contribution in [-0.4, -0.2) is 44.1 Å². The topological polar surface area (TPSA) is 19.4 Å². The number of hydrogen-bond acceptors (Lipinski definition) is 3. The van der Waals surface area contributed by atoms with E-state index in [1.54, 1.807) is 0 Å². The van der Waals surface area contributed by atoms with Crippen molar-refractivity contribution in [1.29, 1.82) is 0 Å². The highest BCUT2D eigenvalue weighted by Gasteiger charge is 2.09. The molecule has 0 unspecified atom stereocenters. The van der Waals surface area contributed by atoms with Crippen LogP contribution in [0.2, 0.25) is 0 Å². The number of rotatable bonds is 6. The molecule has 2 aromatic rings. The van der Waals surface area contributed by atoms with Gasteiger partial charge in [-0.25, -0.2) is 0 Å². The largest absolute Gasteiger partial charge is 0.374 e. The highest BCUT2D eigenvalue weighted by Crippen LogP contribution is 2.26. The normalized spacial score (nSPS) is 11.2. The number of aromatic nitrogens is 1. The second kappa shape index (κ2) is 6.91. The van der Waals surface area contributed by atoms with Crippen molar-refractivity contribution in [2.45, 2.75) is 12.3 Å². The molecule has 0 saturated heterocycles. The van der Waals surface area contributed by atoms with Gasteiger partial charge >= 0.3 is 0 Å². The number of fused-ring (bicyclic) bond motifs is 1. The molecule has 0 N–H and O–H groups in total. The minimum atomic E-state index is 0.448. The van der Waals surface area contributed by atoms with Gasteiger partial charge in [0.05, 0.1) is 17.1 Å². The van der Waals surface area contributed by atoms with Crippen LogP contribution < -0.4 is 4.90 Å². The molecule has 20 heavy (non-hydrogen) atoms. The Balaban J connectivity index is 2.27. The van der Waals surface area contributed by atoms with Crippen LogP contribution in [0, 0.1) is 0 Å². The van der Waals surface area contributed by atoms with Crippen molar-refractivity contribution in [3.05, 3.63) is 36.0 Å². The molecule has 0 radical (unpaired) electrons. The van der Waals surface area contributed by atoms with E-state index in [9.17, 15) is 0 Å². The molecule has 0 aliphatic heterocycles. The molecule has 0 amide bonds. The number of alkyl halides is 1. The third kappa shape index (κ3) is 3.62. The summed E-state index contributed by atoms with van der Waals surface area (Å²) in [5.74, 6) is 0.448. The Hall–Kier alpha value is -1.32. The fourth-order valence-electron chi connectivity index (χ4n) is 2.34. The molecule has 1 heterocycles. The fraction of sp³-hybridized carbons (Fsp3) is 0.438. The third-order valence-electron chi connectivity index (χ3n) is 3.39. The maximum absolute atomic E-state index is 5.96. The Labute approximate surface area is 126 Å². The summed E-state index contributed by atoms with van der Waals surface area (Å²) in [4.78, 5) is 9.08. The molecule has 2 rings (SSSR count). The molecular formula is C16H22ClN3. The minimum absolute atomic E-state index is 0.448. The molecule has 108 valence electrons. The van der Waals surface area contributed by atoms with E-state index in [1.807, 2.05) is 12.1 Å². The average Bonchev–Trinajstić information content (AvgIpc) is 2.45. The fourth-order valence-corrected chi connectivity index (χ4v) is 2.48. The van der Waals surface area contributed by atoms with Gasteiger partial charge in [0.15, 0.2) is 0 Å². The lowest BCUT2D eigenvalue weighted by Crippen LogP contribution is -2.23. The second-order valence-electron chi connectivity index (χ2n) is 5.36. The monoisotopic (exact) mass is 291 g/mol. The zero-order valence-electron chi connectivity index (χ0n) is 12.4. The number of anilines is 1. The summed E-state index contributed by atoms with van der Waals surface area (Å²) in [5, 5.41) is 1.19. The van der Waals surface area contributed by atoms with Gasteiger partial charge in [0, 0.05) is 24.7 Å². The van der Waals surface area contributed by atoms with E-state index in [4.69, 9.17) is 11.6 Å². The molecule has 0 aliphatic rings. The molecule has 0 bridgehead atoms. The Morgan fingerprint density at radius 1 is 1.10 bits per heavy atom. The summed E-state index contributed by atoms with van der Waals surface area (Å²) in [7, 11) is 6.34. The van der Waals surface area contributed by atoms with E-state index in [0.717, 1.165) is 30.7 Å². The predicted octanol–water partition coefficient (Wildman–Crippen LogP) is 3.36. The number of benzene rings is 1. The SMILES string of the molecule is CN(C)CCCN(C)c1cc(CCl)nc2ccccc12. The molecule has 0 spiro atoms. The summed E-state index contributed by atoms with van der Waals surface area (Å²) in [6, 6.07) is 10.3. The number of nitrogens with zero attached hydrogens (tertiary/aromatic N) is 3. The minimum Gasteiger partial charge on any atom is -0.374 e. The lowest BCUT2D eigenvalue weighted by atomic mass is 10.1. The summed E-state index contributed by atoms with van der Waals surface area (Å²) in [5.41, 5.74) is 3.16. The quantitative estimate of drug-likeness (QED) is 0.761. The molecule has 0 aliphatic carbocycles. The van der Waals surface area contributed by atoms with Gasteiger partial charge in [-0.15, -0.1) is 11.6 Å². The van der Waals surface area contributed by atoms with Crippen LogP contribution in [0.1, 0.15) is 12.1 Å². The van der Waals surface area contributed by atoms with Crippen LogP contribution in [0.25, 0.3) is 10.9 Å². The number of hydrogen-bond donors (Lipinski definition) is 0. The van der Waals surface area contributed by atoms with Gasteiger partial charge in [0.2, 0.25) is 0 Å². The van der Waals surface area contributed by atoms with Gasteiger partial charge < -0.3 is 9.80 Å². The number of pyridine rings is 1. The first-order valence-electron chi connectivity index (χ1n) is 6.92. The Kier molecular flexibility index (Phi) is 5.21. The van der Waals surface area contributed by atoms with Crippen molar-refractivity contribution in [2.75, 3.05) is 39.1 Å². The first-order valence-corrected chi connectivity index (χ1v) is 7.45. The average molecular weight is 292 g/mol. The maximum atomic E-state index is 5.96. The molecule has 1 aromatic heterocycles. The zero-order valence-corrected chi connectivity index (χ0v) is 13.2. The summed E-state index contributed by atoms with van der Waals surface area (Å²) < 4.78 is 0.